The zero-order chi connectivity index (χ0) is 27.7. The normalized spacial score (nSPS) is 23.3. The van der Waals surface area contributed by atoms with E-state index in [0.29, 0.717) is 18.6 Å². The minimum absolute atomic E-state index is 0.0307. The summed E-state index contributed by atoms with van der Waals surface area (Å²) in [6, 6.07) is 9.60. The van der Waals surface area contributed by atoms with E-state index in [1.54, 1.807) is 12.1 Å². The molecule has 0 bridgehead atoms. The summed E-state index contributed by atoms with van der Waals surface area (Å²) >= 11 is 0. The molecule has 0 spiro atoms. The van der Waals surface area contributed by atoms with E-state index in [2.05, 4.69) is 16.3 Å². The molecule has 4 nitrogen and oxygen atoms in total. The highest BCUT2D eigenvalue weighted by Gasteiger charge is 2.47. The third-order valence-electron chi connectivity index (χ3n) is 7.62. The number of benzene rings is 2. The molecule has 2 aromatic rings. The third kappa shape index (κ3) is 6.12. The number of carbonyl (C=O) groups is 1. The fourth-order valence-corrected chi connectivity index (χ4v) is 5.50. The second-order valence-electron chi connectivity index (χ2n) is 10.0. The number of halogens is 7. The number of hydrogen-bond acceptors (Lipinski definition) is 3. The van der Waals surface area contributed by atoms with Crippen LogP contribution in [0.25, 0.3) is 0 Å². The first-order valence-electron chi connectivity index (χ1n) is 12.3. The Morgan fingerprint density at radius 2 is 1.55 bits per heavy atom. The van der Waals surface area contributed by atoms with Crippen LogP contribution in [0.1, 0.15) is 60.3 Å². The van der Waals surface area contributed by atoms with Gasteiger partial charge in [-0.2, -0.15) is 31.6 Å². The first-order valence-corrected chi connectivity index (χ1v) is 12.3. The van der Waals surface area contributed by atoms with Gasteiger partial charge in [-0.15, -0.1) is 0 Å². The first-order chi connectivity index (χ1) is 17.8. The van der Waals surface area contributed by atoms with Crippen LogP contribution < -0.4 is 5.32 Å². The molecular weight excluding hydrogens is 515 g/mol. The van der Waals surface area contributed by atoms with Crippen LogP contribution in [0.15, 0.2) is 42.5 Å². The lowest BCUT2D eigenvalue weighted by Crippen LogP contribution is -2.43. The molecule has 1 N–H and O–H groups in total. The minimum atomic E-state index is -4.99. The summed E-state index contributed by atoms with van der Waals surface area (Å²) in [7, 11) is 0. The summed E-state index contributed by atoms with van der Waals surface area (Å²) in [5, 5.41) is 12.3. The van der Waals surface area contributed by atoms with E-state index in [0.717, 1.165) is 31.5 Å². The lowest BCUT2D eigenvalue weighted by atomic mass is 9.85. The lowest BCUT2D eigenvalue weighted by molar-refractivity contribution is -0.143. The zero-order valence-corrected chi connectivity index (χ0v) is 20.3. The number of alkyl halides is 6. The van der Waals surface area contributed by atoms with Gasteiger partial charge in [-0.3, -0.25) is 4.79 Å². The minimum Gasteiger partial charge on any atom is -0.351 e. The molecule has 1 aliphatic heterocycles. The number of likely N-dealkylation sites (tertiary alicyclic amines) is 1. The number of nitrogens with zero attached hydrogens (tertiary/aromatic N) is 2. The summed E-state index contributed by atoms with van der Waals surface area (Å²) in [6.45, 7) is 0.906. The standard InChI is InChI=1S/C27H26F7N3O/c28-22-3-1-18(2-4-22)19-6-9-37(10-7-19)23-5-8-25(14-23,16-35)24(38)36-15-17-11-20(26(29,30)31)13-21(12-17)27(32,33)34/h1-4,11-13,19,23H,5-10,14-15H2,(H,36,38). The molecule has 1 saturated carbocycles. The van der Waals surface area contributed by atoms with Crippen molar-refractivity contribution in [2.45, 2.75) is 63.0 Å². The largest absolute Gasteiger partial charge is 0.416 e. The van der Waals surface area contributed by atoms with Crippen LogP contribution in [0.3, 0.4) is 0 Å². The number of rotatable bonds is 5. The van der Waals surface area contributed by atoms with E-state index in [-0.39, 0.29) is 42.2 Å². The summed E-state index contributed by atoms with van der Waals surface area (Å²) in [4.78, 5) is 15.2. The average molecular weight is 542 g/mol. The Hall–Kier alpha value is -3.13. The summed E-state index contributed by atoms with van der Waals surface area (Å²) in [5.41, 5.74) is -3.63. The van der Waals surface area contributed by atoms with Crippen molar-refractivity contribution in [3.8, 4) is 6.07 Å². The van der Waals surface area contributed by atoms with Gasteiger partial charge in [0.1, 0.15) is 11.2 Å². The van der Waals surface area contributed by atoms with Crippen LogP contribution in [0.2, 0.25) is 0 Å². The van der Waals surface area contributed by atoms with Crippen molar-refractivity contribution in [1.29, 1.82) is 5.26 Å². The second kappa shape index (κ2) is 10.6. The number of nitriles is 1. The molecule has 1 saturated heterocycles. The number of amides is 1. The second-order valence-corrected chi connectivity index (χ2v) is 10.0. The van der Waals surface area contributed by atoms with Gasteiger partial charge < -0.3 is 10.2 Å². The maximum Gasteiger partial charge on any atom is 0.416 e. The van der Waals surface area contributed by atoms with Crippen molar-refractivity contribution >= 4 is 5.91 Å². The Morgan fingerprint density at radius 3 is 2.08 bits per heavy atom. The summed E-state index contributed by atoms with van der Waals surface area (Å²) < 4.78 is 92.0. The average Bonchev–Trinajstić information content (AvgIpc) is 3.33. The fraction of sp³-hybridized carbons (Fsp3) is 0.481. The van der Waals surface area contributed by atoms with Crippen molar-refractivity contribution in [1.82, 2.24) is 10.2 Å². The highest BCUT2D eigenvalue weighted by Crippen LogP contribution is 2.42. The van der Waals surface area contributed by atoms with Crippen molar-refractivity contribution in [2.24, 2.45) is 5.41 Å². The smallest absolute Gasteiger partial charge is 0.351 e. The van der Waals surface area contributed by atoms with Crippen LogP contribution in [0, 0.1) is 22.6 Å². The molecule has 0 aromatic heterocycles. The fourth-order valence-electron chi connectivity index (χ4n) is 5.50. The molecule has 204 valence electrons. The molecule has 1 aliphatic carbocycles. The van der Waals surface area contributed by atoms with Crippen LogP contribution in [0.4, 0.5) is 30.7 Å². The first kappa shape index (κ1) is 27.9. The van der Waals surface area contributed by atoms with E-state index in [1.807, 2.05) is 0 Å². The number of carbonyl (C=O) groups excluding carboxylic acids is 1. The molecule has 38 heavy (non-hydrogen) atoms. The molecule has 2 unspecified atom stereocenters. The van der Waals surface area contributed by atoms with E-state index in [4.69, 9.17) is 0 Å². The molecule has 0 radical (unpaired) electrons. The molecule has 2 atom stereocenters. The number of piperidine rings is 1. The van der Waals surface area contributed by atoms with Gasteiger partial charge in [0.05, 0.1) is 17.2 Å². The molecule has 1 heterocycles. The molecular formula is C27H26F7N3O. The van der Waals surface area contributed by atoms with Gasteiger partial charge in [-0.05, 0) is 92.6 Å². The van der Waals surface area contributed by atoms with Crippen LogP contribution in [0.5, 0.6) is 0 Å². The number of nitrogens with one attached hydrogen (secondary N) is 1. The topological polar surface area (TPSA) is 56.1 Å². The number of hydrogen-bond donors (Lipinski definition) is 1. The van der Waals surface area contributed by atoms with Gasteiger partial charge in [-0.25, -0.2) is 4.39 Å². The highest BCUT2D eigenvalue weighted by molar-refractivity contribution is 5.85. The molecule has 11 heteroatoms. The van der Waals surface area contributed by atoms with E-state index < -0.39 is 41.3 Å². The lowest BCUT2D eigenvalue weighted by Gasteiger charge is -2.36. The maximum atomic E-state index is 13.2. The Kier molecular flexibility index (Phi) is 7.75. The third-order valence-corrected chi connectivity index (χ3v) is 7.62. The van der Waals surface area contributed by atoms with E-state index in [1.165, 1.54) is 12.1 Å². The van der Waals surface area contributed by atoms with Gasteiger partial charge in [0.25, 0.3) is 0 Å². The monoisotopic (exact) mass is 541 g/mol. The SMILES string of the molecule is N#CC1(C(=O)NCc2cc(C(F)(F)F)cc(C(F)(F)F)c2)CCC(N2CCC(c3ccc(F)cc3)CC2)C1. The Morgan fingerprint density at radius 1 is 0.974 bits per heavy atom. The van der Waals surface area contributed by atoms with Gasteiger partial charge in [0, 0.05) is 12.6 Å². The Labute approximate surface area is 215 Å². The highest BCUT2D eigenvalue weighted by atomic mass is 19.4. The van der Waals surface area contributed by atoms with Crippen molar-refractivity contribution in [3.05, 3.63) is 70.5 Å². The van der Waals surface area contributed by atoms with Crippen molar-refractivity contribution in [2.75, 3.05) is 13.1 Å². The van der Waals surface area contributed by atoms with Crippen LogP contribution >= 0.6 is 0 Å². The molecule has 4 rings (SSSR count). The molecule has 2 aliphatic rings. The molecule has 2 aromatic carbocycles. The predicted octanol–water partition coefficient (Wildman–Crippen LogP) is 6.42. The van der Waals surface area contributed by atoms with E-state index >= 15 is 0 Å². The Balaban J connectivity index is 1.38. The van der Waals surface area contributed by atoms with Crippen molar-refractivity contribution in [3.63, 3.8) is 0 Å². The summed E-state index contributed by atoms with van der Waals surface area (Å²) in [5.74, 6) is -0.710. The zero-order valence-electron chi connectivity index (χ0n) is 20.3. The molecule has 1 amide bonds. The van der Waals surface area contributed by atoms with Crippen LogP contribution in [-0.2, 0) is 23.7 Å². The van der Waals surface area contributed by atoms with Crippen LogP contribution in [-0.4, -0.2) is 29.9 Å². The summed E-state index contributed by atoms with van der Waals surface area (Å²) in [6.07, 6.45) is -7.26. The van der Waals surface area contributed by atoms with E-state index in [9.17, 15) is 40.8 Å². The quantitative estimate of drug-likeness (QED) is 0.445. The van der Waals surface area contributed by atoms with Gasteiger partial charge in [0.2, 0.25) is 5.91 Å². The van der Waals surface area contributed by atoms with Gasteiger partial charge in [-0.1, -0.05) is 12.1 Å². The van der Waals surface area contributed by atoms with Gasteiger partial charge in [0.15, 0.2) is 0 Å². The van der Waals surface area contributed by atoms with Crippen molar-refractivity contribution < 1.29 is 35.5 Å². The predicted molar refractivity (Wildman–Crippen MR) is 124 cm³/mol. The van der Waals surface area contributed by atoms with Gasteiger partial charge >= 0.3 is 12.4 Å². The molecule has 2 fully saturated rings. The Bertz CT molecular complexity index is 1160. The maximum absolute atomic E-state index is 13.2.